The van der Waals surface area contributed by atoms with Crippen molar-refractivity contribution in [3.8, 4) is 0 Å². The monoisotopic (exact) mass is 298 g/mol. The molecule has 1 aromatic rings. The summed E-state index contributed by atoms with van der Waals surface area (Å²) in [6, 6.07) is 7.35. The van der Waals surface area contributed by atoms with Crippen molar-refractivity contribution in [2.24, 2.45) is 11.1 Å². The zero-order valence-electron chi connectivity index (χ0n) is 13.1. The lowest BCUT2D eigenvalue weighted by Crippen LogP contribution is -2.43. The predicted octanol–water partition coefficient (Wildman–Crippen LogP) is 2.34. The lowest BCUT2D eigenvalue weighted by atomic mass is 9.88. The Morgan fingerprint density at radius 2 is 1.70 bits per heavy atom. The van der Waals surface area contributed by atoms with Crippen LogP contribution in [0, 0.1) is 5.41 Å². The molecule has 0 aromatic heterocycles. The first-order chi connectivity index (χ1) is 9.09. The maximum Gasteiger partial charge on any atom is 0.218 e. The van der Waals surface area contributed by atoms with Crippen molar-refractivity contribution < 1.29 is 8.42 Å². The van der Waals surface area contributed by atoms with Crippen LogP contribution in [0.1, 0.15) is 38.8 Å². The van der Waals surface area contributed by atoms with Crippen molar-refractivity contribution in [1.29, 1.82) is 0 Å². The van der Waals surface area contributed by atoms with Gasteiger partial charge < -0.3 is 5.73 Å². The molecule has 0 amide bonds. The molecule has 0 aliphatic heterocycles. The quantitative estimate of drug-likeness (QED) is 0.907. The van der Waals surface area contributed by atoms with E-state index in [0.29, 0.717) is 6.54 Å². The molecule has 1 aromatic carbocycles. The molecule has 0 bridgehead atoms. The van der Waals surface area contributed by atoms with E-state index >= 15 is 0 Å². The third kappa shape index (κ3) is 4.04. The Bertz CT molecular complexity index is 547. The summed E-state index contributed by atoms with van der Waals surface area (Å²) in [6.45, 7) is 8.41. The van der Waals surface area contributed by atoms with Gasteiger partial charge in [-0.05, 0) is 23.5 Å². The van der Waals surface area contributed by atoms with Crippen molar-refractivity contribution in [3.05, 3.63) is 35.4 Å². The lowest BCUT2D eigenvalue weighted by Gasteiger charge is -2.34. The molecule has 0 saturated heterocycles. The number of hydrogen-bond donors (Lipinski definition) is 1. The molecule has 1 unspecified atom stereocenters. The summed E-state index contributed by atoms with van der Waals surface area (Å²) in [6.07, 6.45) is 0. The van der Waals surface area contributed by atoms with Crippen LogP contribution in [-0.2, 0) is 22.3 Å². The zero-order valence-corrected chi connectivity index (χ0v) is 13.9. The first-order valence-corrected chi connectivity index (χ1v) is 8.43. The molecule has 0 spiro atoms. The fourth-order valence-corrected chi connectivity index (χ4v) is 3.66. The van der Waals surface area contributed by atoms with Crippen LogP contribution in [0.3, 0.4) is 0 Å². The maximum atomic E-state index is 12.5. The van der Waals surface area contributed by atoms with E-state index in [1.807, 2.05) is 52.0 Å². The normalized spacial score (nSPS) is 14.6. The molecule has 0 fully saturated rings. The van der Waals surface area contributed by atoms with E-state index in [1.54, 1.807) is 7.05 Å². The van der Waals surface area contributed by atoms with Gasteiger partial charge in [0.1, 0.15) is 0 Å². The van der Waals surface area contributed by atoms with Crippen molar-refractivity contribution in [3.63, 3.8) is 0 Å². The van der Waals surface area contributed by atoms with E-state index in [1.165, 1.54) is 4.31 Å². The standard InChI is InChI=1S/C15H26N2O2S/c1-12(15(2,3)4)17(5)20(18,19)11-14-9-7-6-8-13(14)10-16/h6-9,12H,10-11,16H2,1-5H3. The van der Waals surface area contributed by atoms with Gasteiger partial charge in [-0.25, -0.2) is 12.7 Å². The summed E-state index contributed by atoms with van der Waals surface area (Å²) in [5.41, 5.74) is 7.23. The summed E-state index contributed by atoms with van der Waals surface area (Å²) < 4.78 is 26.6. The number of rotatable bonds is 5. The smallest absolute Gasteiger partial charge is 0.218 e. The summed E-state index contributed by atoms with van der Waals surface area (Å²) in [5, 5.41) is 0. The molecule has 2 N–H and O–H groups in total. The zero-order chi connectivity index (χ0) is 15.6. The number of sulfonamides is 1. The summed E-state index contributed by atoms with van der Waals surface area (Å²) in [4.78, 5) is 0. The van der Waals surface area contributed by atoms with E-state index in [0.717, 1.165) is 11.1 Å². The minimum absolute atomic E-state index is 0.00269. The number of hydrogen-bond acceptors (Lipinski definition) is 3. The van der Waals surface area contributed by atoms with Crippen LogP contribution < -0.4 is 5.73 Å². The molecular weight excluding hydrogens is 272 g/mol. The SMILES string of the molecule is CC(N(C)S(=O)(=O)Cc1ccccc1CN)C(C)(C)C. The Morgan fingerprint density at radius 1 is 1.20 bits per heavy atom. The molecule has 5 heteroatoms. The number of nitrogens with two attached hydrogens (primary N) is 1. The molecule has 1 atom stereocenters. The third-order valence-corrected chi connectivity index (χ3v) is 5.78. The first-order valence-electron chi connectivity index (χ1n) is 6.82. The van der Waals surface area contributed by atoms with Crippen molar-refractivity contribution in [1.82, 2.24) is 4.31 Å². The van der Waals surface area contributed by atoms with Crippen LogP contribution >= 0.6 is 0 Å². The van der Waals surface area contributed by atoms with Crippen LogP contribution in [0.2, 0.25) is 0 Å². The van der Waals surface area contributed by atoms with Crippen molar-refractivity contribution >= 4 is 10.0 Å². The molecule has 0 aliphatic carbocycles. The van der Waals surface area contributed by atoms with Gasteiger partial charge in [0.2, 0.25) is 10.0 Å². The molecule has 114 valence electrons. The molecule has 0 saturated carbocycles. The van der Waals surface area contributed by atoms with Gasteiger partial charge in [-0.15, -0.1) is 0 Å². The fraction of sp³-hybridized carbons (Fsp3) is 0.600. The lowest BCUT2D eigenvalue weighted by molar-refractivity contribution is 0.216. The minimum atomic E-state index is -3.35. The Labute approximate surface area is 123 Å². The van der Waals surface area contributed by atoms with Gasteiger partial charge >= 0.3 is 0 Å². The van der Waals surface area contributed by atoms with Gasteiger partial charge in [-0.3, -0.25) is 0 Å². The maximum absolute atomic E-state index is 12.5. The molecule has 4 nitrogen and oxygen atoms in total. The van der Waals surface area contributed by atoms with Gasteiger partial charge in [0.15, 0.2) is 0 Å². The van der Waals surface area contributed by atoms with Crippen LogP contribution in [-0.4, -0.2) is 25.8 Å². The molecule has 0 radical (unpaired) electrons. The molecule has 1 rings (SSSR count). The van der Waals surface area contributed by atoms with Crippen molar-refractivity contribution in [2.45, 2.75) is 46.0 Å². The highest BCUT2D eigenvalue weighted by molar-refractivity contribution is 7.88. The third-order valence-electron chi connectivity index (χ3n) is 3.91. The van der Waals surface area contributed by atoms with E-state index in [-0.39, 0.29) is 17.2 Å². The van der Waals surface area contributed by atoms with Crippen LogP contribution in [0.4, 0.5) is 0 Å². The topological polar surface area (TPSA) is 63.4 Å². The van der Waals surface area contributed by atoms with Gasteiger partial charge in [0, 0.05) is 19.6 Å². The average Bonchev–Trinajstić information content (AvgIpc) is 2.36. The highest BCUT2D eigenvalue weighted by atomic mass is 32.2. The molecular formula is C15H26N2O2S. The van der Waals surface area contributed by atoms with E-state index in [4.69, 9.17) is 5.73 Å². The fourth-order valence-electron chi connectivity index (χ4n) is 1.98. The van der Waals surface area contributed by atoms with Gasteiger partial charge in [-0.2, -0.15) is 0 Å². The summed E-state index contributed by atoms with van der Waals surface area (Å²) in [5.74, 6) is -0.00269. The summed E-state index contributed by atoms with van der Waals surface area (Å²) >= 11 is 0. The Morgan fingerprint density at radius 3 is 2.15 bits per heavy atom. The second-order valence-corrected chi connectivity index (χ2v) is 8.32. The Kier molecular flexibility index (Phi) is 5.35. The van der Waals surface area contributed by atoms with E-state index in [2.05, 4.69) is 0 Å². The van der Waals surface area contributed by atoms with E-state index in [9.17, 15) is 8.42 Å². The number of nitrogens with zero attached hydrogens (tertiary/aromatic N) is 1. The highest BCUT2D eigenvalue weighted by Gasteiger charge is 2.31. The molecule has 0 aliphatic rings. The largest absolute Gasteiger partial charge is 0.326 e. The molecule has 0 heterocycles. The van der Waals surface area contributed by atoms with Gasteiger partial charge in [-0.1, -0.05) is 45.0 Å². The summed E-state index contributed by atoms with van der Waals surface area (Å²) in [7, 11) is -1.70. The number of benzene rings is 1. The average molecular weight is 298 g/mol. The van der Waals surface area contributed by atoms with Crippen molar-refractivity contribution in [2.75, 3.05) is 7.05 Å². The second kappa shape index (κ2) is 6.24. The highest BCUT2D eigenvalue weighted by Crippen LogP contribution is 2.26. The Hall–Kier alpha value is -0.910. The minimum Gasteiger partial charge on any atom is -0.326 e. The molecule has 20 heavy (non-hydrogen) atoms. The van der Waals surface area contributed by atoms with E-state index < -0.39 is 10.0 Å². The first kappa shape index (κ1) is 17.1. The second-order valence-electron chi connectivity index (χ2n) is 6.29. The Balaban J connectivity index is 3.01. The van der Waals surface area contributed by atoms with Gasteiger partial charge in [0.25, 0.3) is 0 Å². The van der Waals surface area contributed by atoms with Gasteiger partial charge in [0.05, 0.1) is 5.75 Å². The van der Waals surface area contributed by atoms with Crippen LogP contribution in [0.25, 0.3) is 0 Å². The predicted molar refractivity (Wildman–Crippen MR) is 83.6 cm³/mol. The van der Waals surface area contributed by atoms with Crippen LogP contribution in [0.5, 0.6) is 0 Å². The van der Waals surface area contributed by atoms with Crippen LogP contribution in [0.15, 0.2) is 24.3 Å².